The minimum atomic E-state index is -0.291. The first kappa shape index (κ1) is 10.9. The van der Waals surface area contributed by atoms with Crippen LogP contribution in [0.3, 0.4) is 0 Å². The predicted octanol–water partition coefficient (Wildman–Crippen LogP) is 0.593. The van der Waals surface area contributed by atoms with Crippen LogP contribution in [0.1, 0.15) is 23.5 Å². The summed E-state index contributed by atoms with van der Waals surface area (Å²) in [4.78, 5) is 17.9. The Hall–Kier alpha value is -1.14. The zero-order valence-electron chi connectivity index (χ0n) is 8.28. The van der Waals surface area contributed by atoms with Gasteiger partial charge in [-0.2, -0.15) is 0 Å². The van der Waals surface area contributed by atoms with Crippen molar-refractivity contribution in [3.63, 3.8) is 0 Å². The minimum absolute atomic E-state index is 0.291. The quantitative estimate of drug-likeness (QED) is 0.437. The van der Waals surface area contributed by atoms with Crippen LogP contribution in [0.2, 0.25) is 0 Å². The number of hydrazine groups is 1. The summed E-state index contributed by atoms with van der Waals surface area (Å²) < 4.78 is 0. The molecule has 1 aromatic heterocycles. The number of amides is 1. The predicted molar refractivity (Wildman–Crippen MR) is 57.3 cm³/mol. The number of nitrogens with zero attached hydrogens (tertiary/aromatic N) is 2. The van der Waals surface area contributed by atoms with Crippen molar-refractivity contribution in [1.82, 2.24) is 10.4 Å². The average molecular weight is 214 g/mol. The van der Waals surface area contributed by atoms with Crippen molar-refractivity contribution in [3.8, 4) is 0 Å². The number of hydrogen-bond donors (Lipinski definition) is 2. The molecule has 0 aliphatic carbocycles. The molecular formula is C8H14N4OS. The Morgan fingerprint density at radius 1 is 1.64 bits per heavy atom. The Kier molecular flexibility index (Phi) is 3.84. The lowest BCUT2D eigenvalue weighted by Crippen LogP contribution is -2.29. The van der Waals surface area contributed by atoms with Crippen molar-refractivity contribution >= 4 is 22.4 Å². The number of carbonyl (C=O) groups excluding carboxylic acids is 1. The maximum atomic E-state index is 11.1. The van der Waals surface area contributed by atoms with Crippen molar-refractivity contribution in [3.05, 3.63) is 11.1 Å². The maximum Gasteiger partial charge on any atom is 0.276 e. The van der Waals surface area contributed by atoms with Crippen LogP contribution in [-0.4, -0.2) is 24.0 Å². The van der Waals surface area contributed by atoms with Gasteiger partial charge in [-0.1, -0.05) is 11.3 Å². The number of nitrogen functional groups attached to an aromatic ring is 1. The number of anilines is 1. The van der Waals surface area contributed by atoms with Crippen molar-refractivity contribution in [1.29, 1.82) is 0 Å². The summed E-state index contributed by atoms with van der Waals surface area (Å²) in [5.41, 5.74) is 2.08. The molecule has 0 spiro atoms. The highest BCUT2D eigenvalue weighted by molar-refractivity contribution is 7.17. The maximum absolute atomic E-state index is 11.1. The zero-order chi connectivity index (χ0) is 10.6. The van der Waals surface area contributed by atoms with E-state index in [1.165, 1.54) is 11.3 Å². The van der Waals surface area contributed by atoms with E-state index < -0.39 is 0 Å². The molecule has 0 saturated carbocycles. The molecule has 0 bridgehead atoms. The van der Waals surface area contributed by atoms with Crippen LogP contribution in [0, 0.1) is 0 Å². The summed E-state index contributed by atoms with van der Waals surface area (Å²) in [6.45, 7) is 5.86. The van der Waals surface area contributed by atoms with Crippen LogP contribution in [0.5, 0.6) is 0 Å². The van der Waals surface area contributed by atoms with E-state index in [1.807, 2.05) is 13.8 Å². The third-order valence-corrected chi connectivity index (χ3v) is 2.94. The van der Waals surface area contributed by atoms with Gasteiger partial charge in [0.2, 0.25) is 0 Å². The highest BCUT2D eigenvalue weighted by Gasteiger charge is 2.11. The Morgan fingerprint density at radius 3 is 2.79 bits per heavy atom. The van der Waals surface area contributed by atoms with E-state index in [2.05, 4.69) is 15.3 Å². The van der Waals surface area contributed by atoms with Crippen molar-refractivity contribution in [2.75, 3.05) is 18.0 Å². The fourth-order valence-electron chi connectivity index (χ4n) is 1.08. The number of aromatic nitrogens is 1. The summed E-state index contributed by atoms with van der Waals surface area (Å²) in [5, 5.41) is 0.855. The van der Waals surface area contributed by atoms with Gasteiger partial charge in [-0.05, 0) is 13.8 Å². The number of nitrogens with one attached hydrogen (secondary N) is 1. The molecule has 0 atom stereocenters. The van der Waals surface area contributed by atoms with Crippen molar-refractivity contribution in [2.45, 2.75) is 13.8 Å². The second-order valence-corrected chi connectivity index (χ2v) is 3.66. The lowest BCUT2D eigenvalue weighted by molar-refractivity contribution is 0.0957. The van der Waals surface area contributed by atoms with Gasteiger partial charge in [0, 0.05) is 13.1 Å². The summed E-state index contributed by atoms with van der Waals surface area (Å²) in [6.07, 6.45) is 1.54. The highest BCUT2D eigenvalue weighted by atomic mass is 32.1. The van der Waals surface area contributed by atoms with Crippen LogP contribution >= 0.6 is 11.3 Å². The first-order chi connectivity index (χ1) is 6.72. The summed E-state index contributed by atoms with van der Waals surface area (Å²) in [7, 11) is 0. The van der Waals surface area contributed by atoms with Gasteiger partial charge >= 0.3 is 0 Å². The largest absolute Gasteiger partial charge is 0.349 e. The van der Waals surface area contributed by atoms with Gasteiger partial charge < -0.3 is 4.90 Å². The monoisotopic (exact) mass is 214 g/mol. The Bertz CT molecular complexity index is 308. The van der Waals surface area contributed by atoms with E-state index >= 15 is 0 Å². The first-order valence-corrected chi connectivity index (χ1v) is 5.26. The summed E-state index contributed by atoms with van der Waals surface area (Å²) in [6, 6.07) is 0. The van der Waals surface area contributed by atoms with Crippen molar-refractivity contribution < 1.29 is 4.79 Å². The van der Waals surface area contributed by atoms with E-state index in [1.54, 1.807) is 6.20 Å². The molecule has 0 aliphatic heterocycles. The molecule has 5 nitrogen and oxygen atoms in total. The standard InChI is InChI=1S/C8H14N4OS/c1-3-12(4-2)8-10-5-6(14-8)7(13)11-9/h5H,3-4,9H2,1-2H3,(H,11,13). The molecule has 0 aliphatic rings. The van der Waals surface area contributed by atoms with Crippen LogP contribution in [0.25, 0.3) is 0 Å². The molecule has 1 amide bonds. The van der Waals surface area contributed by atoms with Crippen LogP contribution in [-0.2, 0) is 0 Å². The topological polar surface area (TPSA) is 71.2 Å². The van der Waals surface area contributed by atoms with Gasteiger partial charge in [-0.3, -0.25) is 10.2 Å². The number of rotatable bonds is 4. The van der Waals surface area contributed by atoms with E-state index in [0.717, 1.165) is 18.2 Å². The Labute approximate surface area is 86.9 Å². The molecule has 1 aromatic rings. The van der Waals surface area contributed by atoms with Gasteiger partial charge in [0.05, 0.1) is 6.20 Å². The average Bonchev–Trinajstić information content (AvgIpc) is 2.68. The lowest BCUT2D eigenvalue weighted by Gasteiger charge is -2.16. The molecule has 14 heavy (non-hydrogen) atoms. The smallest absolute Gasteiger partial charge is 0.276 e. The first-order valence-electron chi connectivity index (χ1n) is 4.44. The number of carbonyl (C=O) groups is 1. The fraction of sp³-hybridized carbons (Fsp3) is 0.500. The molecule has 3 N–H and O–H groups in total. The van der Waals surface area contributed by atoms with Crippen LogP contribution in [0.4, 0.5) is 5.13 Å². The summed E-state index contributed by atoms with van der Waals surface area (Å²) >= 11 is 1.35. The molecule has 0 radical (unpaired) electrons. The number of nitrogens with two attached hydrogens (primary N) is 1. The molecule has 0 fully saturated rings. The van der Waals surface area contributed by atoms with E-state index in [9.17, 15) is 4.79 Å². The number of hydrogen-bond acceptors (Lipinski definition) is 5. The van der Waals surface area contributed by atoms with Gasteiger partial charge in [0.15, 0.2) is 5.13 Å². The van der Waals surface area contributed by atoms with Gasteiger partial charge in [-0.25, -0.2) is 10.8 Å². The molecule has 0 aromatic carbocycles. The third-order valence-electron chi connectivity index (χ3n) is 1.88. The number of thiazole rings is 1. The molecule has 78 valence electrons. The fourth-order valence-corrected chi connectivity index (χ4v) is 2.03. The van der Waals surface area contributed by atoms with E-state index in [-0.39, 0.29) is 5.91 Å². The zero-order valence-corrected chi connectivity index (χ0v) is 9.10. The Balaban J connectivity index is 2.81. The second kappa shape index (κ2) is 4.92. The molecule has 0 saturated heterocycles. The van der Waals surface area contributed by atoms with Crippen molar-refractivity contribution in [2.24, 2.45) is 5.84 Å². The van der Waals surface area contributed by atoms with Crippen LogP contribution < -0.4 is 16.2 Å². The molecular weight excluding hydrogens is 200 g/mol. The van der Waals surface area contributed by atoms with E-state index in [4.69, 9.17) is 5.84 Å². The van der Waals surface area contributed by atoms with Gasteiger partial charge in [-0.15, -0.1) is 0 Å². The molecule has 0 unspecified atom stereocenters. The minimum Gasteiger partial charge on any atom is -0.349 e. The highest BCUT2D eigenvalue weighted by Crippen LogP contribution is 2.21. The van der Waals surface area contributed by atoms with Crippen LogP contribution in [0.15, 0.2) is 6.20 Å². The second-order valence-electron chi connectivity index (χ2n) is 2.65. The van der Waals surface area contributed by atoms with E-state index in [0.29, 0.717) is 4.88 Å². The van der Waals surface area contributed by atoms with Gasteiger partial charge in [0.25, 0.3) is 5.91 Å². The summed E-state index contributed by atoms with van der Waals surface area (Å²) in [5.74, 6) is 4.73. The Morgan fingerprint density at radius 2 is 2.29 bits per heavy atom. The normalized spacial score (nSPS) is 9.93. The van der Waals surface area contributed by atoms with Gasteiger partial charge in [0.1, 0.15) is 4.88 Å². The SMILES string of the molecule is CCN(CC)c1ncc(C(=O)NN)s1. The molecule has 1 rings (SSSR count). The molecule has 1 heterocycles. The lowest BCUT2D eigenvalue weighted by atomic mass is 10.5. The molecule has 6 heteroatoms. The third kappa shape index (κ3) is 2.21.